The number of phenolic OH excluding ortho intramolecular Hbond substituents is 2. The predicted molar refractivity (Wildman–Crippen MR) is 72.0 cm³/mol. The SMILES string of the molecule is [2H]c1cc(-c2oc3c([2H])c(O)c([2H])c(=O)c-3c(O)c2[2H])cc([2H])c1O. The molecule has 0 unspecified atom stereocenters. The number of rotatable bonds is 1. The van der Waals surface area contributed by atoms with Crippen LogP contribution in [0.5, 0.6) is 17.2 Å². The lowest BCUT2D eigenvalue weighted by molar-refractivity contribution is 0.457. The molecule has 0 atom stereocenters. The van der Waals surface area contributed by atoms with Crippen molar-refractivity contribution in [2.75, 3.05) is 0 Å². The molecule has 100 valence electrons. The van der Waals surface area contributed by atoms with Crippen molar-refractivity contribution in [2.24, 2.45) is 0 Å². The van der Waals surface area contributed by atoms with Gasteiger partial charge in [0.15, 0.2) is 5.43 Å². The largest absolute Gasteiger partial charge is 0.508 e. The fourth-order valence-electron chi connectivity index (χ4n) is 1.70. The fourth-order valence-corrected chi connectivity index (χ4v) is 1.70. The van der Waals surface area contributed by atoms with E-state index in [0.717, 1.165) is 12.1 Å². The van der Waals surface area contributed by atoms with Crippen LogP contribution in [0.2, 0.25) is 0 Å². The van der Waals surface area contributed by atoms with Crippen LogP contribution in [0.15, 0.2) is 51.6 Å². The van der Waals surface area contributed by atoms with E-state index in [2.05, 4.69) is 0 Å². The molecular formula is C15H10O5. The van der Waals surface area contributed by atoms with E-state index in [9.17, 15) is 20.1 Å². The van der Waals surface area contributed by atoms with Gasteiger partial charge in [-0.05, 0) is 24.2 Å². The summed E-state index contributed by atoms with van der Waals surface area (Å²) in [7, 11) is 0. The van der Waals surface area contributed by atoms with E-state index < -0.39 is 64.2 Å². The van der Waals surface area contributed by atoms with E-state index in [1.807, 2.05) is 0 Å². The van der Waals surface area contributed by atoms with Crippen molar-refractivity contribution in [1.82, 2.24) is 0 Å². The Bertz CT molecular complexity index is 1040. The Hall–Kier alpha value is -2.95. The zero-order valence-corrected chi connectivity index (χ0v) is 9.81. The van der Waals surface area contributed by atoms with Gasteiger partial charge in [0.25, 0.3) is 0 Å². The molecule has 0 saturated heterocycles. The van der Waals surface area contributed by atoms with Gasteiger partial charge in [-0.1, -0.05) is 0 Å². The lowest BCUT2D eigenvalue weighted by Crippen LogP contribution is -2.04. The van der Waals surface area contributed by atoms with Crippen molar-refractivity contribution in [3.63, 3.8) is 0 Å². The first-order valence-electron chi connectivity index (χ1n) is 7.94. The topological polar surface area (TPSA) is 90.9 Å². The maximum Gasteiger partial charge on any atom is 0.197 e. The van der Waals surface area contributed by atoms with Gasteiger partial charge >= 0.3 is 0 Å². The number of benzene rings is 2. The summed E-state index contributed by atoms with van der Waals surface area (Å²) in [5, 5.41) is 29.3. The van der Waals surface area contributed by atoms with E-state index in [1.54, 1.807) is 0 Å². The summed E-state index contributed by atoms with van der Waals surface area (Å²) < 4.78 is 43.7. The Kier molecular flexibility index (Phi) is 1.64. The number of aromatic hydroxyl groups is 3. The quantitative estimate of drug-likeness (QED) is 0.634. The third-order valence-corrected chi connectivity index (χ3v) is 2.58. The Labute approximate surface area is 120 Å². The lowest BCUT2D eigenvalue weighted by atomic mass is 10.1. The molecule has 0 fully saturated rings. The Morgan fingerprint density at radius 1 is 0.950 bits per heavy atom. The average Bonchev–Trinajstić information content (AvgIpc) is 2.57. The van der Waals surface area contributed by atoms with Gasteiger partial charge in [0.2, 0.25) is 0 Å². The van der Waals surface area contributed by atoms with Crippen molar-refractivity contribution in [3.8, 4) is 39.9 Å². The molecule has 2 aliphatic rings. The summed E-state index contributed by atoms with van der Waals surface area (Å²) in [4.78, 5) is 12.0. The summed E-state index contributed by atoms with van der Waals surface area (Å²) in [5.41, 5.74) is -1.70. The second-order valence-electron chi connectivity index (χ2n) is 3.92. The van der Waals surface area contributed by atoms with Crippen LogP contribution in [0.3, 0.4) is 0 Å². The van der Waals surface area contributed by atoms with E-state index in [-0.39, 0.29) is 11.3 Å². The molecule has 3 rings (SSSR count). The monoisotopic (exact) mass is 275 g/mol. The highest BCUT2D eigenvalue weighted by molar-refractivity contribution is 5.72. The molecule has 5 nitrogen and oxygen atoms in total. The first kappa shape index (κ1) is 7.59. The molecule has 0 aromatic heterocycles. The molecule has 0 amide bonds. The van der Waals surface area contributed by atoms with Crippen molar-refractivity contribution >= 4 is 0 Å². The van der Waals surface area contributed by atoms with Gasteiger partial charge in [-0.2, -0.15) is 0 Å². The minimum Gasteiger partial charge on any atom is -0.508 e. The fraction of sp³-hybridized carbons (Fsp3) is 0. The zero-order chi connectivity index (χ0) is 18.6. The van der Waals surface area contributed by atoms with Crippen LogP contribution in [0.25, 0.3) is 22.6 Å². The normalized spacial score (nSPS) is 14.3. The van der Waals surface area contributed by atoms with Crippen molar-refractivity contribution in [1.29, 1.82) is 0 Å². The van der Waals surface area contributed by atoms with Crippen molar-refractivity contribution in [2.45, 2.75) is 0 Å². The first-order valence-corrected chi connectivity index (χ1v) is 5.44. The molecule has 1 aromatic rings. The first-order chi connectivity index (χ1) is 11.6. The van der Waals surface area contributed by atoms with Gasteiger partial charge in [0, 0.05) is 23.7 Å². The number of phenols is 2. The molecule has 0 radical (unpaired) electrons. The Morgan fingerprint density at radius 3 is 2.35 bits per heavy atom. The van der Waals surface area contributed by atoms with Gasteiger partial charge in [-0.25, -0.2) is 0 Å². The molecule has 5 heteroatoms. The molecule has 1 aliphatic heterocycles. The molecule has 20 heavy (non-hydrogen) atoms. The zero-order valence-electron chi connectivity index (χ0n) is 14.8. The second kappa shape index (κ2) is 4.31. The lowest BCUT2D eigenvalue weighted by Gasteiger charge is -2.10. The standard InChI is InChI=1S/C15H10O5/c16-9-3-1-8(2-4-9)13-7-12(19)15-11(18)5-10(17)6-14(15)20-13/h1-7,16-17,19H/i3D,4D,5D,6D,7D. The summed E-state index contributed by atoms with van der Waals surface area (Å²) >= 11 is 0. The van der Waals surface area contributed by atoms with Gasteiger partial charge in [-0.15, -0.1) is 0 Å². The minimum absolute atomic E-state index is 0.0173. The van der Waals surface area contributed by atoms with E-state index in [4.69, 9.17) is 11.3 Å². The summed E-state index contributed by atoms with van der Waals surface area (Å²) in [6.07, 6.45) is 0. The van der Waals surface area contributed by atoms with Gasteiger partial charge < -0.3 is 19.7 Å². The molecule has 1 heterocycles. The molecule has 0 saturated carbocycles. The highest BCUT2D eigenvalue weighted by Gasteiger charge is 2.17. The number of fused-ring (bicyclic) bond motifs is 1. The average molecular weight is 275 g/mol. The summed E-state index contributed by atoms with van der Waals surface area (Å²) in [5.74, 6) is -3.27. The van der Waals surface area contributed by atoms with Crippen molar-refractivity contribution < 1.29 is 26.6 Å². The molecule has 1 aliphatic carbocycles. The third-order valence-electron chi connectivity index (χ3n) is 2.58. The van der Waals surface area contributed by atoms with E-state index in [0.29, 0.717) is 0 Å². The van der Waals surface area contributed by atoms with Gasteiger partial charge in [0.05, 0.1) is 6.85 Å². The Balaban J connectivity index is 2.46. The second-order valence-corrected chi connectivity index (χ2v) is 3.92. The maximum atomic E-state index is 12.0. The highest BCUT2D eigenvalue weighted by atomic mass is 16.3. The minimum atomic E-state index is -1.10. The van der Waals surface area contributed by atoms with Crippen LogP contribution in [0.1, 0.15) is 6.85 Å². The summed E-state index contributed by atoms with van der Waals surface area (Å²) in [6, 6.07) is -0.952. The van der Waals surface area contributed by atoms with Crippen LogP contribution in [-0.2, 0) is 0 Å². The summed E-state index contributed by atoms with van der Waals surface area (Å²) in [6.45, 7) is 0. The van der Waals surface area contributed by atoms with E-state index in [1.165, 1.54) is 0 Å². The van der Waals surface area contributed by atoms with Crippen LogP contribution in [-0.4, -0.2) is 15.3 Å². The number of hydrogen-bond donors (Lipinski definition) is 3. The molecule has 1 aromatic carbocycles. The van der Waals surface area contributed by atoms with Crippen LogP contribution in [0.4, 0.5) is 0 Å². The molecular weight excluding hydrogens is 260 g/mol. The Morgan fingerprint density at radius 2 is 1.65 bits per heavy atom. The van der Waals surface area contributed by atoms with Crippen LogP contribution >= 0.6 is 0 Å². The van der Waals surface area contributed by atoms with Crippen molar-refractivity contribution in [3.05, 3.63) is 52.6 Å². The van der Waals surface area contributed by atoms with Gasteiger partial charge in [0.1, 0.15) is 34.3 Å². The number of hydrogen-bond acceptors (Lipinski definition) is 5. The van der Waals surface area contributed by atoms with Gasteiger partial charge in [-0.3, -0.25) is 4.79 Å². The molecule has 0 bridgehead atoms. The third kappa shape index (κ3) is 1.95. The van der Waals surface area contributed by atoms with Crippen LogP contribution < -0.4 is 5.43 Å². The van der Waals surface area contributed by atoms with E-state index >= 15 is 0 Å². The molecule has 3 N–H and O–H groups in total. The highest BCUT2D eigenvalue weighted by Crippen LogP contribution is 2.35. The maximum absolute atomic E-state index is 12.0. The molecule has 0 spiro atoms. The smallest absolute Gasteiger partial charge is 0.197 e. The predicted octanol–water partition coefficient (Wildman–Crippen LogP) is 2.53. The van der Waals surface area contributed by atoms with Crippen LogP contribution in [0, 0.1) is 0 Å².